The lowest BCUT2D eigenvalue weighted by molar-refractivity contribution is -0.0910. The van der Waals surface area contributed by atoms with Crippen molar-refractivity contribution in [3.05, 3.63) is 58.7 Å². The summed E-state index contributed by atoms with van der Waals surface area (Å²) in [6.45, 7) is 2.64. The average Bonchev–Trinajstić information content (AvgIpc) is 2.58. The number of hydrogen-bond acceptors (Lipinski definition) is 4. The molecule has 156 valence electrons. The lowest BCUT2D eigenvalue weighted by Gasteiger charge is -2.30. The zero-order valence-corrected chi connectivity index (χ0v) is 14.9. The van der Waals surface area contributed by atoms with Crippen LogP contribution in [-0.4, -0.2) is 34.1 Å². The highest BCUT2D eigenvalue weighted by atomic mass is 19.4. The van der Waals surface area contributed by atoms with Crippen molar-refractivity contribution in [1.82, 2.24) is 0 Å². The Kier molecular flexibility index (Phi) is 5.44. The molecule has 10 heteroatoms. The van der Waals surface area contributed by atoms with Gasteiger partial charge in [-0.25, -0.2) is 0 Å². The van der Waals surface area contributed by atoms with Gasteiger partial charge in [-0.05, 0) is 29.3 Å². The van der Waals surface area contributed by atoms with Crippen LogP contribution in [0.2, 0.25) is 0 Å². The second-order valence-electron chi connectivity index (χ2n) is 6.71. The van der Waals surface area contributed by atoms with Crippen LogP contribution in [-0.2, 0) is 5.41 Å². The summed E-state index contributed by atoms with van der Waals surface area (Å²) in [5, 5.41) is 19.1. The van der Waals surface area contributed by atoms with Gasteiger partial charge in [-0.15, -0.1) is 0 Å². The van der Waals surface area contributed by atoms with Crippen LogP contribution >= 0.6 is 0 Å². The second kappa shape index (κ2) is 7.09. The first-order chi connectivity index (χ1) is 13.1. The summed E-state index contributed by atoms with van der Waals surface area (Å²) in [6, 6.07) is 6.48. The highest BCUT2D eigenvalue weighted by molar-refractivity contribution is 6.15. The minimum atomic E-state index is -5.63. The van der Waals surface area contributed by atoms with Crippen LogP contribution in [0.4, 0.5) is 26.3 Å². The van der Waals surface area contributed by atoms with Gasteiger partial charge >= 0.3 is 12.4 Å². The van der Waals surface area contributed by atoms with Gasteiger partial charge in [-0.2, -0.15) is 26.3 Å². The van der Waals surface area contributed by atoms with Gasteiger partial charge in [0.25, 0.3) is 11.6 Å². The van der Waals surface area contributed by atoms with Crippen LogP contribution in [0.5, 0.6) is 11.5 Å². The van der Waals surface area contributed by atoms with E-state index in [0.717, 1.165) is 6.07 Å². The lowest BCUT2D eigenvalue weighted by Crippen LogP contribution is -2.33. The molecule has 2 rings (SSSR count). The number of phenolic OH excluding ortho intramolecular Hbond substituents is 2. The number of alkyl halides is 6. The Morgan fingerprint density at radius 2 is 1.17 bits per heavy atom. The summed E-state index contributed by atoms with van der Waals surface area (Å²) < 4.78 is 78.4. The maximum absolute atomic E-state index is 13.2. The monoisotopic (exact) mass is 420 g/mol. The Hall–Kier alpha value is -3.04. The summed E-state index contributed by atoms with van der Waals surface area (Å²) in [4.78, 5) is 23.8. The molecule has 0 spiro atoms. The number of halogens is 6. The standard InChI is InChI=1S/C19H14F6O4/c1-17(2,9-3-5-10(26)6-4-9)11-7-8-12(27)14(16(29)19(23,24)25)13(11)15(28)18(20,21)22/h3-8,26-27H,1-2H3. The first kappa shape index (κ1) is 22.3. The molecule has 0 aliphatic heterocycles. The van der Waals surface area contributed by atoms with E-state index < -0.39 is 51.8 Å². The number of phenols is 2. The first-order valence-corrected chi connectivity index (χ1v) is 7.97. The van der Waals surface area contributed by atoms with Crippen molar-refractivity contribution < 1.29 is 46.1 Å². The normalized spacial score (nSPS) is 12.7. The van der Waals surface area contributed by atoms with Crippen LogP contribution in [0.3, 0.4) is 0 Å². The minimum Gasteiger partial charge on any atom is -0.508 e. The van der Waals surface area contributed by atoms with Gasteiger partial charge in [-0.3, -0.25) is 9.59 Å². The molecule has 2 N–H and O–H groups in total. The molecule has 0 bridgehead atoms. The summed E-state index contributed by atoms with van der Waals surface area (Å²) in [5.41, 5.74) is -5.14. The van der Waals surface area contributed by atoms with Gasteiger partial charge in [0.2, 0.25) is 0 Å². The van der Waals surface area contributed by atoms with Gasteiger partial charge in [-0.1, -0.05) is 32.0 Å². The van der Waals surface area contributed by atoms with Crippen molar-refractivity contribution >= 4 is 11.6 Å². The maximum Gasteiger partial charge on any atom is 0.455 e. The smallest absolute Gasteiger partial charge is 0.455 e. The number of benzene rings is 2. The summed E-state index contributed by atoms with van der Waals surface area (Å²) in [6.07, 6.45) is -11.2. The number of carbonyl (C=O) groups is 2. The zero-order valence-electron chi connectivity index (χ0n) is 14.9. The molecule has 0 aromatic heterocycles. The SMILES string of the molecule is CC(C)(c1ccc(O)cc1)c1ccc(O)c(C(=O)C(F)(F)F)c1C(=O)C(F)(F)F. The van der Waals surface area contributed by atoms with Crippen molar-refractivity contribution in [3.63, 3.8) is 0 Å². The summed E-state index contributed by atoms with van der Waals surface area (Å²) in [5.74, 6) is -7.03. The topological polar surface area (TPSA) is 74.6 Å². The van der Waals surface area contributed by atoms with Crippen LogP contribution < -0.4 is 0 Å². The van der Waals surface area contributed by atoms with Crippen LogP contribution in [0.15, 0.2) is 36.4 Å². The molecule has 0 fully saturated rings. The fourth-order valence-electron chi connectivity index (χ4n) is 2.90. The van der Waals surface area contributed by atoms with Crippen LogP contribution in [0.25, 0.3) is 0 Å². The lowest BCUT2D eigenvalue weighted by atomic mass is 9.74. The van der Waals surface area contributed by atoms with E-state index in [1.807, 2.05) is 0 Å². The van der Waals surface area contributed by atoms with E-state index >= 15 is 0 Å². The van der Waals surface area contributed by atoms with E-state index in [1.54, 1.807) is 0 Å². The number of Topliss-reactive ketones (excluding diaryl/α,β-unsaturated/α-hetero) is 2. The molecular weight excluding hydrogens is 406 g/mol. The first-order valence-electron chi connectivity index (χ1n) is 7.97. The maximum atomic E-state index is 13.2. The Morgan fingerprint density at radius 3 is 1.62 bits per heavy atom. The Morgan fingerprint density at radius 1 is 0.724 bits per heavy atom. The van der Waals surface area contributed by atoms with Gasteiger partial charge in [0.15, 0.2) is 0 Å². The van der Waals surface area contributed by atoms with E-state index in [4.69, 9.17) is 0 Å². The third kappa shape index (κ3) is 4.20. The molecule has 0 heterocycles. The quantitative estimate of drug-likeness (QED) is 0.544. The molecule has 0 atom stereocenters. The molecule has 0 aliphatic carbocycles. The number of aromatic hydroxyl groups is 2. The predicted octanol–water partition coefficient (Wildman–Crippen LogP) is 4.91. The van der Waals surface area contributed by atoms with Crippen molar-refractivity contribution in [3.8, 4) is 11.5 Å². The minimum absolute atomic E-state index is 0.171. The van der Waals surface area contributed by atoms with E-state index in [1.165, 1.54) is 38.1 Å². The summed E-state index contributed by atoms with van der Waals surface area (Å²) in [7, 11) is 0. The number of ketones is 2. The van der Waals surface area contributed by atoms with Gasteiger partial charge in [0, 0.05) is 11.0 Å². The number of carbonyl (C=O) groups excluding carboxylic acids is 2. The fraction of sp³-hybridized carbons (Fsp3) is 0.263. The third-order valence-electron chi connectivity index (χ3n) is 4.41. The molecule has 0 unspecified atom stereocenters. The fourth-order valence-corrected chi connectivity index (χ4v) is 2.90. The van der Waals surface area contributed by atoms with E-state index in [2.05, 4.69) is 0 Å². The van der Waals surface area contributed by atoms with Crippen molar-refractivity contribution in [1.29, 1.82) is 0 Å². The number of rotatable bonds is 4. The van der Waals surface area contributed by atoms with Crippen LogP contribution in [0, 0.1) is 0 Å². The Bertz CT molecular complexity index is 956. The van der Waals surface area contributed by atoms with Crippen molar-refractivity contribution in [2.45, 2.75) is 31.6 Å². The van der Waals surface area contributed by atoms with Gasteiger partial charge < -0.3 is 10.2 Å². The average molecular weight is 420 g/mol. The summed E-state index contributed by atoms with van der Waals surface area (Å²) >= 11 is 0. The Labute approximate surface area is 160 Å². The van der Waals surface area contributed by atoms with Crippen molar-refractivity contribution in [2.75, 3.05) is 0 Å². The highest BCUT2D eigenvalue weighted by Crippen LogP contribution is 2.41. The van der Waals surface area contributed by atoms with Gasteiger partial charge in [0.05, 0.1) is 5.56 Å². The Balaban J connectivity index is 2.91. The molecular formula is C19H14F6O4. The molecule has 2 aromatic rings. The second-order valence-corrected chi connectivity index (χ2v) is 6.71. The molecule has 0 amide bonds. The van der Waals surface area contributed by atoms with E-state index in [0.29, 0.717) is 6.07 Å². The molecule has 29 heavy (non-hydrogen) atoms. The highest BCUT2D eigenvalue weighted by Gasteiger charge is 2.49. The van der Waals surface area contributed by atoms with E-state index in [9.17, 15) is 46.1 Å². The van der Waals surface area contributed by atoms with Crippen molar-refractivity contribution in [2.24, 2.45) is 0 Å². The predicted molar refractivity (Wildman–Crippen MR) is 89.1 cm³/mol. The zero-order chi connectivity index (χ0) is 22.4. The largest absolute Gasteiger partial charge is 0.508 e. The van der Waals surface area contributed by atoms with Crippen LogP contribution in [0.1, 0.15) is 45.7 Å². The molecule has 0 saturated heterocycles. The van der Waals surface area contributed by atoms with E-state index in [-0.39, 0.29) is 11.3 Å². The molecule has 0 radical (unpaired) electrons. The molecule has 0 aliphatic rings. The third-order valence-corrected chi connectivity index (χ3v) is 4.41. The number of hydrogen-bond donors (Lipinski definition) is 2. The van der Waals surface area contributed by atoms with Gasteiger partial charge in [0.1, 0.15) is 11.5 Å². The molecule has 0 saturated carbocycles. The molecule has 4 nitrogen and oxygen atoms in total. The molecule has 2 aromatic carbocycles.